The average molecular weight is 389 g/mol. The molecule has 2 heterocycles. The number of pyridine rings is 1. The number of rotatable bonds is 6. The Hall–Kier alpha value is -3.12. The maximum Gasteiger partial charge on any atom is 0.266 e. The Kier molecular flexibility index (Phi) is 5.39. The number of hydrogen-bond donors (Lipinski definition) is 0. The number of fused-ring (bicyclic) bond motifs is 1. The minimum Gasteiger partial charge on any atom is -0.494 e. The molecule has 0 fully saturated rings. The van der Waals surface area contributed by atoms with E-state index in [1.54, 1.807) is 17.0 Å². The lowest BCUT2D eigenvalue weighted by Crippen LogP contribution is -2.21. The van der Waals surface area contributed by atoms with Crippen LogP contribution >= 0.6 is 11.8 Å². The first-order valence-electron chi connectivity index (χ1n) is 9.03. The number of ether oxygens (including phenoxy) is 1. The Morgan fingerprint density at radius 1 is 1.00 bits per heavy atom. The third-order valence-electron chi connectivity index (χ3n) is 4.27. The highest BCUT2D eigenvalue weighted by Gasteiger charge is 2.13. The summed E-state index contributed by atoms with van der Waals surface area (Å²) < 4.78 is 7.19. The van der Waals surface area contributed by atoms with Gasteiger partial charge in [0.05, 0.1) is 23.2 Å². The number of benzene rings is 2. The molecule has 0 saturated carbocycles. The summed E-state index contributed by atoms with van der Waals surface area (Å²) in [6.45, 7) is 2.55. The molecule has 2 aromatic carbocycles. The average Bonchev–Trinajstić information content (AvgIpc) is 2.74. The summed E-state index contributed by atoms with van der Waals surface area (Å²) >= 11 is 1.53. The second kappa shape index (κ2) is 8.27. The van der Waals surface area contributed by atoms with E-state index in [0.29, 0.717) is 28.4 Å². The minimum absolute atomic E-state index is 0.0769. The monoisotopic (exact) mass is 389 g/mol. The van der Waals surface area contributed by atoms with Crippen molar-refractivity contribution in [2.24, 2.45) is 0 Å². The molecule has 0 bridgehead atoms. The van der Waals surface area contributed by atoms with Crippen molar-refractivity contribution < 1.29 is 4.74 Å². The maximum absolute atomic E-state index is 13.2. The van der Waals surface area contributed by atoms with Crippen molar-refractivity contribution in [3.05, 3.63) is 89.0 Å². The molecule has 5 nitrogen and oxygen atoms in total. The Morgan fingerprint density at radius 3 is 2.50 bits per heavy atom. The van der Waals surface area contributed by atoms with Crippen LogP contribution in [0.2, 0.25) is 0 Å². The van der Waals surface area contributed by atoms with Crippen LogP contribution in [0.15, 0.2) is 83.0 Å². The van der Waals surface area contributed by atoms with E-state index in [4.69, 9.17) is 9.72 Å². The van der Waals surface area contributed by atoms with Gasteiger partial charge in [0.15, 0.2) is 5.16 Å². The quantitative estimate of drug-likeness (QED) is 0.360. The molecule has 6 heteroatoms. The van der Waals surface area contributed by atoms with Gasteiger partial charge in [0.2, 0.25) is 0 Å². The van der Waals surface area contributed by atoms with Crippen LogP contribution in [0.4, 0.5) is 0 Å². The third kappa shape index (κ3) is 3.77. The van der Waals surface area contributed by atoms with Crippen LogP contribution in [-0.2, 0) is 5.75 Å². The second-order valence-corrected chi connectivity index (χ2v) is 7.07. The summed E-state index contributed by atoms with van der Waals surface area (Å²) in [7, 11) is 0. The maximum atomic E-state index is 13.2. The normalized spacial score (nSPS) is 10.9. The molecule has 0 aliphatic heterocycles. The fourth-order valence-electron chi connectivity index (χ4n) is 2.92. The van der Waals surface area contributed by atoms with Crippen molar-refractivity contribution in [2.45, 2.75) is 17.8 Å². The highest BCUT2D eigenvalue weighted by Crippen LogP contribution is 2.25. The number of nitrogens with zero attached hydrogens (tertiary/aromatic N) is 3. The fourth-order valence-corrected chi connectivity index (χ4v) is 3.89. The lowest BCUT2D eigenvalue weighted by Gasteiger charge is -2.14. The second-order valence-electron chi connectivity index (χ2n) is 6.12. The molecule has 2 aromatic heterocycles. The zero-order valence-corrected chi connectivity index (χ0v) is 16.2. The lowest BCUT2D eigenvalue weighted by atomic mass is 10.2. The van der Waals surface area contributed by atoms with Crippen LogP contribution in [0, 0.1) is 0 Å². The molecule has 0 N–H and O–H groups in total. The molecule has 0 amide bonds. The molecule has 28 heavy (non-hydrogen) atoms. The molecule has 0 spiro atoms. The van der Waals surface area contributed by atoms with Gasteiger partial charge in [-0.1, -0.05) is 23.9 Å². The van der Waals surface area contributed by atoms with Crippen LogP contribution in [0.1, 0.15) is 12.5 Å². The predicted molar refractivity (Wildman–Crippen MR) is 112 cm³/mol. The first-order valence-corrected chi connectivity index (χ1v) is 10.0. The molecular formula is C22H19N3O2S. The summed E-state index contributed by atoms with van der Waals surface area (Å²) in [6, 6.07) is 18.9. The molecule has 0 atom stereocenters. The zero-order valence-electron chi connectivity index (χ0n) is 15.4. The Bertz CT molecular complexity index is 1140. The number of aromatic nitrogens is 3. The molecule has 0 aliphatic carbocycles. The van der Waals surface area contributed by atoms with Gasteiger partial charge in [-0.15, -0.1) is 0 Å². The highest BCUT2D eigenvalue weighted by atomic mass is 32.2. The van der Waals surface area contributed by atoms with Crippen molar-refractivity contribution in [1.82, 2.24) is 14.5 Å². The first-order chi connectivity index (χ1) is 13.8. The van der Waals surface area contributed by atoms with Crippen LogP contribution in [-0.4, -0.2) is 21.1 Å². The van der Waals surface area contributed by atoms with E-state index in [2.05, 4.69) is 4.98 Å². The van der Waals surface area contributed by atoms with E-state index in [0.717, 1.165) is 17.0 Å². The zero-order chi connectivity index (χ0) is 19.3. The van der Waals surface area contributed by atoms with Gasteiger partial charge in [0.1, 0.15) is 5.75 Å². The topological polar surface area (TPSA) is 57.0 Å². The van der Waals surface area contributed by atoms with Crippen molar-refractivity contribution in [3.8, 4) is 11.4 Å². The summed E-state index contributed by atoms with van der Waals surface area (Å²) in [5, 5.41) is 1.26. The first kappa shape index (κ1) is 18.3. The summed E-state index contributed by atoms with van der Waals surface area (Å²) in [6.07, 6.45) is 3.53. The molecule has 4 aromatic rings. The minimum atomic E-state index is -0.0769. The van der Waals surface area contributed by atoms with Crippen LogP contribution in [0.3, 0.4) is 0 Å². The molecule has 4 rings (SSSR count). The number of hydrogen-bond acceptors (Lipinski definition) is 5. The largest absolute Gasteiger partial charge is 0.494 e. The fraction of sp³-hybridized carbons (Fsp3) is 0.136. The van der Waals surface area contributed by atoms with Crippen molar-refractivity contribution in [3.63, 3.8) is 0 Å². The van der Waals surface area contributed by atoms with E-state index in [1.165, 1.54) is 11.8 Å². The molecular weight excluding hydrogens is 370 g/mol. The number of thioether (sulfide) groups is 1. The van der Waals surface area contributed by atoms with Crippen LogP contribution in [0.5, 0.6) is 5.75 Å². The van der Waals surface area contributed by atoms with Crippen LogP contribution in [0.25, 0.3) is 16.6 Å². The summed E-state index contributed by atoms with van der Waals surface area (Å²) in [5.41, 5.74) is 2.52. The summed E-state index contributed by atoms with van der Waals surface area (Å²) in [4.78, 5) is 22.1. The van der Waals surface area contributed by atoms with Gasteiger partial charge in [-0.05, 0) is 61.0 Å². The van der Waals surface area contributed by atoms with Crippen molar-refractivity contribution >= 4 is 22.7 Å². The van der Waals surface area contributed by atoms with E-state index in [9.17, 15) is 4.79 Å². The standard InChI is InChI=1S/C22H19N3O2S/c1-2-27-18-9-7-17(8-10-18)25-21(26)19-5-3-4-6-20(19)24-22(25)28-15-16-11-13-23-14-12-16/h3-14H,2,15H2,1H3. The molecule has 0 unspecified atom stereocenters. The van der Waals surface area contributed by atoms with Gasteiger partial charge >= 0.3 is 0 Å². The van der Waals surface area contributed by atoms with E-state index in [-0.39, 0.29) is 5.56 Å². The van der Waals surface area contributed by atoms with Gasteiger partial charge < -0.3 is 4.74 Å². The molecule has 0 aliphatic rings. The molecule has 0 radical (unpaired) electrons. The Balaban J connectivity index is 1.80. The van der Waals surface area contributed by atoms with Crippen LogP contribution < -0.4 is 10.3 Å². The lowest BCUT2D eigenvalue weighted by molar-refractivity contribution is 0.340. The van der Waals surface area contributed by atoms with E-state index in [1.807, 2.05) is 67.6 Å². The Labute approximate surface area is 167 Å². The predicted octanol–water partition coefficient (Wildman–Crippen LogP) is 4.47. The third-order valence-corrected chi connectivity index (χ3v) is 5.28. The van der Waals surface area contributed by atoms with Gasteiger partial charge in [-0.3, -0.25) is 14.3 Å². The van der Waals surface area contributed by atoms with Gasteiger partial charge in [0, 0.05) is 18.1 Å². The van der Waals surface area contributed by atoms with Gasteiger partial charge in [0.25, 0.3) is 5.56 Å². The highest BCUT2D eigenvalue weighted by molar-refractivity contribution is 7.98. The van der Waals surface area contributed by atoms with E-state index < -0.39 is 0 Å². The SMILES string of the molecule is CCOc1ccc(-n2c(SCc3ccncc3)nc3ccccc3c2=O)cc1. The number of para-hydroxylation sites is 1. The molecule has 140 valence electrons. The summed E-state index contributed by atoms with van der Waals surface area (Å²) in [5.74, 6) is 1.48. The van der Waals surface area contributed by atoms with Crippen molar-refractivity contribution in [1.29, 1.82) is 0 Å². The van der Waals surface area contributed by atoms with Gasteiger partial charge in [-0.2, -0.15) is 0 Å². The molecule has 0 saturated heterocycles. The Morgan fingerprint density at radius 2 is 1.75 bits per heavy atom. The smallest absolute Gasteiger partial charge is 0.266 e. The van der Waals surface area contributed by atoms with Gasteiger partial charge in [-0.25, -0.2) is 4.98 Å². The van der Waals surface area contributed by atoms with E-state index >= 15 is 0 Å². The van der Waals surface area contributed by atoms with Crippen molar-refractivity contribution in [2.75, 3.05) is 6.61 Å².